The topological polar surface area (TPSA) is 102 Å². The Bertz CT molecular complexity index is 1270. The third kappa shape index (κ3) is 2.93. The summed E-state index contributed by atoms with van der Waals surface area (Å²) in [5, 5.41) is 15.5. The number of H-pyrrole nitrogens is 1. The van der Waals surface area contributed by atoms with Gasteiger partial charge in [0.1, 0.15) is 17.4 Å². The molecule has 2 aromatic heterocycles. The van der Waals surface area contributed by atoms with E-state index in [2.05, 4.69) is 15.1 Å². The number of methoxy groups -OCH3 is 2. The van der Waals surface area contributed by atoms with Gasteiger partial charge in [0, 0.05) is 21.5 Å². The van der Waals surface area contributed by atoms with E-state index in [1.807, 2.05) is 0 Å². The van der Waals surface area contributed by atoms with Crippen LogP contribution in [-0.4, -0.2) is 40.2 Å². The van der Waals surface area contributed by atoms with E-state index in [1.54, 1.807) is 30.3 Å². The smallest absolute Gasteiger partial charge is 0.298 e. The quantitative estimate of drug-likeness (QED) is 0.514. The molecule has 28 heavy (non-hydrogen) atoms. The molecular weight excluding hydrogens is 384 g/mol. The Morgan fingerprint density at radius 3 is 2.61 bits per heavy atom. The number of rotatable bonds is 4. The molecule has 0 bridgehead atoms. The second-order valence-electron chi connectivity index (χ2n) is 5.95. The molecule has 0 aliphatic carbocycles. The summed E-state index contributed by atoms with van der Waals surface area (Å²) in [4.78, 5) is 20.1. The third-order valence-electron chi connectivity index (χ3n) is 4.28. The number of hydrogen-bond donors (Lipinski definition) is 2. The van der Waals surface area contributed by atoms with Crippen molar-refractivity contribution in [3.63, 3.8) is 0 Å². The number of benzene rings is 2. The van der Waals surface area contributed by atoms with Crippen molar-refractivity contribution >= 4 is 39.8 Å². The van der Waals surface area contributed by atoms with Crippen LogP contribution in [0.5, 0.6) is 17.2 Å². The molecule has 0 amide bonds. The van der Waals surface area contributed by atoms with Crippen molar-refractivity contribution in [2.75, 3.05) is 14.2 Å². The average molecular weight is 399 g/mol. The first-order valence-corrected chi connectivity index (χ1v) is 8.57. The molecule has 8 nitrogen and oxygen atoms in total. The summed E-state index contributed by atoms with van der Waals surface area (Å²) in [7, 11) is 2.86. The van der Waals surface area contributed by atoms with Gasteiger partial charge in [0.15, 0.2) is 11.5 Å². The number of halogens is 1. The zero-order valence-corrected chi connectivity index (χ0v) is 15.7. The molecule has 0 aliphatic rings. The molecule has 142 valence electrons. The Morgan fingerprint density at radius 1 is 1.21 bits per heavy atom. The van der Waals surface area contributed by atoms with Gasteiger partial charge in [-0.3, -0.25) is 4.79 Å². The van der Waals surface area contributed by atoms with Crippen molar-refractivity contribution in [1.29, 1.82) is 0 Å². The summed E-state index contributed by atoms with van der Waals surface area (Å²) in [5.74, 6) is 0.350. The lowest BCUT2D eigenvalue weighted by Crippen LogP contribution is -2.17. The van der Waals surface area contributed by atoms with Crippen LogP contribution in [0.15, 0.2) is 46.6 Å². The van der Waals surface area contributed by atoms with Crippen LogP contribution < -0.4 is 15.0 Å². The molecule has 0 spiro atoms. The fourth-order valence-electron chi connectivity index (χ4n) is 2.92. The van der Waals surface area contributed by atoms with Gasteiger partial charge < -0.3 is 19.6 Å². The summed E-state index contributed by atoms with van der Waals surface area (Å²) in [5.41, 5.74) is 1.84. The number of aromatic nitrogens is 3. The number of phenolic OH excluding ortho intramolecular Hbond substituents is 1. The van der Waals surface area contributed by atoms with Crippen molar-refractivity contribution in [1.82, 2.24) is 14.6 Å². The van der Waals surface area contributed by atoms with Crippen molar-refractivity contribution in [2.24, 2.45) is 5.10 Å². The largest absolute Gasteiger partial charge is 0.502 e. The molecule has 4 aromatic rings. The number of nitrogens with zero attached hydrogens (tertiary/aromatic N) is 3. The molecule has 0 fully saturated rings. The van der Waals surface area contributed by atoms with E-state index < -0.39 is 0 Å². The van der Waals surface area contributed by atoms with Crippen LogP contribution in [0.2, 0.25) is 5.02 Å². The zero-order valence-electron chi connectivity index (χ0n) is 14.9. The predicted octanol–water partition coefficient (Wildman–Crippen LogP) is 3.14. The molecule has 0 saturated heterocycles. The monoisotopic (exact) mass is 398 g/mol. The first-order chi connectivity index (χ1) is 13.5. The van der Waals surface area contributed by atoms with Crippen LogP contribution >= 0.6 is 11.6 Å². The maximum absolute atomic E-state index is 12.8. The Hall–Kier alpha value is -3.52. The molecule has 2 aromatic carbocycles. The van der Waals surface area contributed by atoms with Crippen LogP contribution in [0.4, 0.5) is 0 Å². The molecule has 2 heterocycles. The standard InChI is InChI=1S/C19H15ClN4O4/c1-27-14-5-10(6-15(28-2)18(14)25)8-22-24-9-21-16-12-7-11(20)3-4-13(12)23-17(16)19(24)26/h3-9,23,25H,1-2H3. The fourth-order valence-corrected chi connectivity index (χ4v) is 3.09. The van der Waals surface area contributed by atoms with Gasteiger partial charge in [-0.2, -0.15) is 9.78 Å². The molecule has 2 N–H and O–H groups in total. The lowest BCUT2D eigenvalue weighted by molar-refractivity contribution is 0.340. The Labute approximate surface area is 163 Å². The SMILES string of the molecule is COc1cc(C=Nn2cnc3c([nH]c4ccc(Cl)cc43)c2=O)cc(OC)c1O. The maximum Gasteiger partial charge on any atom is 0.298 e. The maximum atomic E-state index is 12.8. The highest BCUT2D eigenvalue weighted by Crippen LogP contribution is 2.36. The van der Waals surface area contributed by atoms with Crippen LogP contribution in [0.1, 0.15) is 5.56 Å². The van der Waals surface area contributed by atoms with Gasteiger partial charge in [-0.25, -0.2) is 4.98 Å². The molecular formula is C19H15ClN4O4. The second-order valence-corrected chi connectivity index (χ2v) is 6.39. The summed E-state index contributed by atoms with van der Waals surface area (Å²) in [6.07, 6.45) is 2.78. The minimum absolute atomic E-state index is 0.112. The van der Waals surface area contributed by atoms with E-state index in [-0.39, 0.29) is 22.8 Å². The fraction of sp³-hybridized carbons (Fsp3) is 0.105. The number of hydrogen-bond acceptors (Lipinski definition) is 6. The van der Waals surface area contributed by atoms with E-state index in [0.29, 0.717) is 21.6 Å². The number of aromatic hydroxyl groups is 1. The Kier molecular flexibility index (Phi) is 4.40. The second kappa shape index (κ2) is 6.90. The van der Waals surface area contributed by atoms with Crippen molar-refractivity contribution in [3.05, 3.63) is 57.6 Å². The van der Waals surface area contributed by atoms with Gasteiger partial charge in [-0.15, -0.1) is 0 Å². The molecule has 9 heteroatoms. The first-order valence-electron chi connectivity index (χ1n) is 8.19. The zero-order chi connectivity index (χ0) is 19.8. The highest BCUT2D eigenvalue weighted by Gasteiger charge is 2.12. The lowest BCUT2D eigenvalue weighted by atomic mass is 10.2. The van der Waals surface area contributed by atoms with E-state index in [9.17, 15) is 9.90 Å². The number of nitrogens with one attached hydrogen (secondary N) is 1. The van der Waals surface area contributed by atoms with Crippen molar-refractivity contribution in [3.8, 4) is 17.2 Å². The number of fused-ring (bicyclic) bond motifs is 3. The predicted molar refractivity (Wildman–Crippen MR) is 107 cm³/mol. The van der Waals surface area contributed by atoms with E-state index in [0.717, 1.165) is 15.6 Å². The summed E-state index contributed by atoms with van der Waals surface area (Å²) < 4.78 is 11.3. The first kappa shape index (κ1) is 17.9. The Morgan fingerprint density at radius 2 is 1.93 bits per heavy atom. The Balaban J connectivity index is 1.79. The number of ether oxygens (including phenoxy) is 2. The highest BCUT2D eigenvalue weighted by atomic mass is 35.5. The lowest BCUT2D eigenvalue weighted by Gasteiger charge is -2.09. The van der Waals surface area contributed by atoms with Crippen LogP contribution in [0, 0.1) is 0 Å². The van der Waals surface area contributed by atoms with Crippen LogP contribution in [0.3, 0.4) is 0 Å². The molecule has 0 atom stereocenters. The van der Waals surface area contributed by atoms with Crippen molar-refractivity contribution < 1.29 is 14.6 Å². The minimum atomic E-state index is -0.355. The third-order valence-corrected chi connectivity index (χ3v) is 4.52. The van der Waals surface area contributed by atoms with Gasteiger partial charge in [-0.1, -0.05) is 11.6 Å². The van der Waals surface area contributed by atoms with E-state index in [4.69, 9.17) is 21.1 Å². The molecule has 4 rings (SSSR count). The van der Waals surface area contributed by atoms with Gasteiger partial charge >= 0.3 is 0 Å². The summed E-state index contributed by atoms with van der Waals surface area (Å²) in [6.45, 7) is 0. The van der Waals surface area contributed by atoms with Gasteiger partial charge in [0.2, 0.25) is 5.75 Å². The van der Waals surface area contributed by atoms with Crippen LogP contribution in [-0.2, 0) is 0 Å². The molecule has 0 radical (unpaired) electrons. The summed E-state index contributed by atoms with van der Waals surface area (Å²) in [6, 6.07) is 8.43. The van der Waals surface area contributed by atoms with E-state index >= 15 is 0 Å². The van der Waals surface area contributed by atoms with Gasteiger partial charge in [-0.05, 0) is 30.3 Å². The normalized spacial score (nSPS) is 11.5. The van der Waals surface area contributed by atoms with Gasteiger partial charge in [0.05, 0.1) is 20.4 Å². The average Bonchev–Trinajstić information content (AvgIpc) is 3.07. The molecule has 0 unspecified atom stereocenters. The number of phenols is 1. The van der Waals surface area contributed by atoms with Gasteiger partial charge in [0.25, 0.3) is 5.56 Å². The van der Waals surface area contributed by atoms with Crippen LogP contribution in [0.25, 0.3) is 21.9 Å². The minimum Gasteiger partial charge on any atom is -0.502 e. The van der Waals surface area contributed by atoms with E-state index in [1.165, 1.54) is 26.8 Å². The highest BCUT2D eigenvalue weighted by molar-refractivity contribution is 6.31. The number of aromatic amines is 1. The molecule has 0 aliphatic heterocycles. The summed E-state index contributed by atoms with van der Waals surface area (Å²) >= 11 is 6.04. The molecule has 0 saturated carbocycles. The van der Waals surface area contributed by atoms with Crippen molar-refractivity contribution in [2.45, 2.75) is 0 Å².